The Morgan fingerprint density at radius 1 is 1.24 bits per heavy atom. The van der Waals surface area contributed by atoms with Crippen molar-refractivity contribution in [3.63, 3.8) is 0 Å². The van der Waals surface area contributed by atoms with Gasteiger partial charge in [0.1, 0.15) is 17.8 Å². The first-order chi connectivity index (χ1) is 11.7. The standard InChI is InChI=1S/C16H19FN2O6/c17-11-3-1-10(2-4-11)7-16(14(23)24)9-19(6-5-12(16)20)15(25)18-8-13(21)22/h1-4,12,20H,5-9H2,(H,18,25)(H,21,22)(H,23,24)/t12-,16+/m0/s1. The molecule has 0 unspecified atom stereocenters. The van der Waals surface area contributed by atoms with E-state index in [4.69, 9.17) is 5.11 Å². The predicted octanol–water partition coefficient (Wildman–Crippen LogP) is 0.300. The number of carbonyl (C=O) groups excluding carboxylic acids is 1. The highest BCUT2D eigenvalue weighted by Crippen LogP contribution is 2.34. The Balaban J connectivity index is 2.21. The van der Waals surface area contributed by atoms with E-state index in [1.807, 2.05) is 0 Å². The molecule has 0 saturated carbocycles. The van der Waals surface area contributed by atoms with Crippen LogP contribution < -0.4 is 5.32 Å². The third kappa shape index (κ3) is 4.24. The molecule has 4 N–H and O–H groups in total. The van der Waals surface area contributed by atoms with Gasteiger partial charge in [0, 0.05) is 13.1 Å². The highest BCUT2D eigenvalue weighted by Gasteiger charge is 2.50. The summed E-state index contributed by atoms with van der Waals surface area (Å²) in [6.45, 7) is -0.771. The van der Waals surface area contributed by atoms with E-state index in [9.17, 15) is 29.0 Å². The molecule has 0 radical (unpaired) electrons. The summed E-state index contributed by atoms with van der Waals surface area (Å²) in [4.78, 5) is 35.7. The molecular formula is C16H19FN2O6. The first kappa shape index (κ1) is 18.7. The SMILES string of the molecule is O=C(O)CNC(=O)N1CC[C@H](O)[C@](Cc2ccc(F)cc2)(C(=O)O)C1. The van der Waals surface area contributed by atoms with Gasteiger partial charge in [0.15, 0.2) is 0 Å². The minimum Gasteiger partial charge on any atom is -0.481 e. The summed E-state index contributed by atoms with van der Waals surface area (Å²) in [7, 11) is 0. The molecule has 25 heavy (non-hydrogen) atoms. The van der Waals surface area contributed by atoms with Crippen LogP contribution in [0.4, 0.5) is 9.18 Å². The number of nitrogens with zero attached hydrogens (tertiary/aromatic N) is 1. The van der Waals surface area contributed by atoms with Gasteiger partial charge < -0.3 is 25.5 Å². The van der Waals surface area contributed by atoms with Crippen LogP contribution in [0.2, 0.25) is 0 Å². The topological polar surface area (TPSA) is 127 Å². The number of piperidine rings is 1. The minimum atomic E-state index is -1.66. The number of aliphatic hydroxyl groups is 1. The molecule has 1 fully saturated rings. The molecule has 136 valence electrons. The van der Waals surface area contributed by atoms with Gasteiger partial charge in [0.2, 0.25) is 0 Å². The normalized spacial score (nSPS) is 23.1. The van der Waals surface area contributed by atoms with Crippen molar-refractivity contribution in [3.05, 3.63) is 35.6 Å². The second-order valence-electron chi connectivity index (χ2n) is 6.04. The molecule has 2 amide bonds. The lowest BCUT2D eigenvalue weighted by Gasteiger charge is -2.43. The van der Waals surface area contributed by atoms with Crippen molar-refractivity contribution in [2.24, 2.45) is 5.41 Å². The number of halogens is 1. The number of aliphatic hydroxyl groups excluding tert-OH is 1. The van der Waals surface area contributed by atoms with E-state index in [-0.39, 0.29) is 25.9 Å². The summed E-state index contributed by atoms with van der Waals surface area (Å²) in [6, 6.07) is 4.53. The van der Waals surface area contributed by atoms with Crippen LogP contribution in [-0.2, 0) is 16.0 Å². The van der Waals surface area contributed by atoms with Gasteiger partial charge in [-0.3, -0.25) is 9.59 Å². The third-order valence-corrected chi connectivity index (χ3v) is 4.32. The Hall–Kier alpha value is -2.68. The second-order valence-corrected chi connectivity index (χ2v) is 6.04. The summed E-state index contributed by atoms with van der Waals surface area (Å²) < 4.78 is 13.0. The average Bonchev–Trinajstić information content (AvgIpc) is 2.56. The van der Waals surface area contributed by atoms with Crippen molar-refractivity contribution in [1.29, 1.82) is 0 Å². The molecule has 0 spiro atoms. The number of carboxylic acids is 2. The van der Waals surface area contributed by atoms with E-state index < -0.39 is 41.9 Å². The molecule has 2 rings (SSSR count). The van der Waals surface area contributed by atoms with Crippen molar-refractivity contribution in [2.75, 3.05) is 19.6 Å². The maximum Gasteiger partial charge on any atom is 0.323 e. The number of carboxylic acid groups (broad SMARTS) is 2. The number of nitrogens with one attached hydrogen (secondary N) is 1. The predicted molar refractivity (Wildman–Crippen MR) is 83.4 cm³/mol. The monoisotopic (exact) mass is 354 g/mol. The fourth-order valence-electron chi connectivity index (χ4n) is 2.94. The van der Waals surface area contributed by atoms with Crippen LogP contribution in [0.3, 0.4) is 0 Å². The maximum absolute atomic E-state index is 13.0. The Morgan fingerprint density at radius 2 is 1.88 bits per heavy atom. The highest BCUT2D eigenvalue weighted by atomic mass is 19.1. The van der Waals surface area contributed by atoms with Crippen molar-refractivity contribution < 1.29 is 34.1 Å². The van der Waals surface area contributed by atoms with Crippen molar-refractivity contribution in [3.8, 4) is 0 Å². The Kier molecular flexibility index (Phi) is 5.58. The van der Waals surface area contributed by atoms with Crippen molar-refractivity contribution >= 4 is 18.0 Å². The summed E-state index contributed by atoms with van der Waals surface area (Å²) in [5.41, 5.74) is -1.15. The van der Waals surface area contributed by atoms with E-state index in [2.05, 4.69) is 5.32 Å². The Morgan fingerprint density at radius 3 is 2.44 bits per heavy atom. The van der Waals surface area contributed by atoms with Gasteiger partial charge in [0.05, 0.1) is 6.10 Å². The summed E-state index contributed by atoms with van der Waals surface area (Å²) in [5, 5.41) is 30.8. The molecule has 0 aromatic heterocycles. The van der Waals surface area contributed by atoms with Gasteiger partial charge in [-0.15, -0.1) is 0 Å². The zero-order chi connectivity index (χ0) is 18.6. The molecule has 1 heterocycles. The molecule has 0 bridgehead atoms. The van der Waals surface area contributed by atoms with Crippen LogP contribution in [0.5, 0.6) is 0 Å². The minimum absolute atomic E-state index is 0.0357. The van der Waals surface area contributed by atoms with Crippen LogP contribution in [0.1, 0.15) is 12.0 Å². The van der Waals surface area contributed by atoms with Crippen LogP contribution in [0.25, 0.3) is 0 Å². The van der Waals surface area contributed by atoms with Crippen molar-refractivity contribution in [2.45, 2.75) is 18.9 Å². The fraction of sp³-hybridized carbons (Fsp3) is 0.438. The van der Waals surface area contributed by atoms with Gasteiger partial charge in [0.25, 0.3) is 0 Å². The first-order valence-electron chi connectivity index (χ1n) is 7.65. The molecule has 0 aliphatic carbocycles. The van der Waals surface area contributed by atoms with E-state index >= 15 is 0 Å². The third-order valence-electron chi connectivity index (χ3n) is 4.32. The fourth-order valence-corrected chi connectivity index (χ4v) is 2.94. The van der Waals surface area contributed by atoms with E-state index in [1.165, 1.54) is 29.2 Å². The quantitative estimate of drug-likeness (QED) is 0.602. The van der Waals surface area contributed by atoms with E-state index in [0.29, 0.717) is 5.56 Å². The summed E-state index contributed by atoms with van der Waals surface area (Å²) in [6.07, 6.45) is -1.25. The zero-order valence-electron chi connectivity index (χ0n) is 13.3. The van der Waals surface area contributed by atoms with Gasteiger partial charge in [-0.2, -0.15) is 0 Å². The molecule has 8 nitrogen and oxygen atoms in total. The molecule has 2 atom stereocenters. The van der Waals surface area contributed by atoms with Crippen LogP contribution in [0.15, 0.2) is 24.3 Å². The first-order valence-corrected chi connectivity index (χ1v) is 7.65. The number of rotatable bonds is 5. The largest absolute Gasteiger partial charge is 0.481 e. The van der Waals surface area contributed by atoms with Gasteiger partial charge in [-0.1, -0.05) is 12.1 Å². The number of hydrogen-bond acceptors (Lipinski definition) is 4. The molecule has 1 aliphatic rings. The van der Waals surface area contributed by atoms with E-state index in [0.717, 1.165) is 0 Å². The lowest BCUT2D eigenvalue weighted by Crippen LogP contribution is -2.60. The number of hydrogen-bond donors (Lipinski definition) is 4. The van der Waals surface area contributed by atoms with Crippen LogP contribution in [0, 0.1) is 11.2 Å². The lowest BCUT2D eigenvalue weighted by molar-refractivity contribution is -0.161. The lowest BCUT2D eigenvalue weighted by atomic mass is 9.73. The van der Waals surface area contributed by atoms with Crippen LogP contribution >= 0.6 is 0 Å². The number of carbonyl (C=O) groups is 3. The summed E-state index contributed by atoms with van der Waals surface area (Å²) in [5.74, 6) is -2.96. The zero-order valence-corrected chi connectivity index (χ0v) is 13.3. The number of likely N-dealkylation sites (tertiary alicyclic amines) is 1. The number of aliphatic carboxylic acids is 2. The number of amides is 2. The average molecular weight is 354 g/mol. The van der Waals surface area contributed by atoms with E-state index in [1.54, 1.807) is 0 Å². The van der Waals surface area contributed by atoms with Gasteiger partial charge in [-0.25, -0.2) is 9.18 Å². The summed E-state index contributed by atoms with van der Waals surface area (Å²) >= 11 is 0. The van der Waals surface area contributed by atoms with Gasteiger partial charge >= 0.3 is 18.0 Å². The molecular weight excluding hydrogens is 335 g/mol. The maximum atomic E-state index is 13.0. The molecule has 1 saturated heterocycles. The van der Waals surface area contributed by atoms with Crippen molar-refractivity contribution in [1.82, 2.24) is 10.2 Å². The second kappa shape index (κ2) is 7.47. The van der Waals surface area contributed by atoms with Gasteiger partial charge in [-0.05, 0) is 30.5 Å². The number of urea groups is 1. The molecule has 1 aromatic carbocycles. The van der Waals surface area contributed by atoms with Crippen LogP contribution in [-0.4, -0.2) is 63.9 Å². The molecule has 1 aliphatic heterocycles. The highest BCUT2D eigenvalue weighted by molar-refractivity contribution is 5.82. The molecule has 1 aromatic rings. The smallest absolute Gasteiger partial charge is 0.323 e. The molecule has 9 heteroatoms. The Labute approximate surface area is 142 Å². The Bertz CT molecular complexity index is 665. The number of benzene rings is 1.